The molecule has 1 aromatic rings. The number of hydrogen-bond donors (Lipinski definition) is 1. The fourth-order valence-corrected chi connectivity index (χ4v) is 2.17. The number of carboxylic acid groups (broad SMARTS) is 1. The summed E-state index contributed by atoms with van der Waals surface area (Å²) in [5.41, 5.74) is 2.24. The summed E-state index contributed by atoms with van der Waals surface area (Å²) in [6, 6.07) is 0. The number of imidazole rings is 1. The van der Waals surface area contributed by atoms with Gasteiger partial charge in [-0.25, -0.2) is 4.98 Å². The second-order valence-electron chi connectivity index (χ2n) is 4.07. The van der Waals surface area contributed by atoms with Crippen LogP contribution in [0.15, 0.2) is 6.33 Å². The highest BCUT2D eigenvalue weighted by molar-refractivity contribution is 5.66. The minimum Gasteiger partial charge on any atom is -0.480 e. The van der Waals surface area contributed by atoms with E-state index in [0.29, 0.717) is 0 Å². The van der Waals surface area contributed by atoms with E-state index in [0.717, 1.165) is 30.7 Å². The average molecular weight is 208 g/mol. The Kier molecular flexibility index (Phi) is 3.04. The number of carbonyl (C=O) groups is 1. The Morgan fingerprint density at radius 3 is 2.80 bits per heavy atom. The molecule has 4 heteroatoms. The molecular formula is C11H16N2O2. The number of hydrogen-bond acceptors (Lipinski definition) is 2. The van der Waals surface area contributed by atoms with Gasteiger partial charge in [-0.3, -0.25) is 4.79 Å². The summed E-state index contributed by atoms with van der Waals surface area (Å²) in [6.45, 7) is 0.0440. The van der Waals surface area contributed by atoms with E-state index in [9.17, 15) is 4.79 Å². The third-order valence-corrected chi connectivity index (χ3v) is 2.92. The second kappa shape index (κ2) is 4.47. The fourth-order valence-electron chi connectivity index (χ4n) is 2.17. The van der Waals surface area contributed by atoms with E-state index in [4.69, 9.17) is 5.11 Å². The van der Waals surface area contributed by atoms with Crippen LogP contribution >= 0.6 is 0 Å². The molecule has 0 radical (unpaired) electrons. The Balaban J connectivity index is 2.21. The molecule has 0 spiro atoms. The molecule has 0 saturated carbocycles. The molecule has 2 rings (SSSR count). The van der Waals surface area contributed by atoms with Crippen molar-refractivity contribution in [1.29, 1.82) is 0 Å². The first-order chi connectivity index (χ1) is 7.27. The van der Waals surface area contributed by atoms with Crippen molar-refractivity contribution < 1.29 is 9.90 Å². The highest BCUT2D eigenvalue weighted by Crippen LogP contribution is 2.18. The Labute approximate surface area is 88.9 Å². The zero-order valence-electron chi connectivity index (χ0n) is 8.78. The van der Waals surface area contributed by atoms with Crippen LogP contribution in [-0.4, -0.2) is 20.6 Å². The molecular weight excluding hydrogens is 192 g/mol. The zero-order valence-corrected chi connectivity index (χ0v) is 8.78. The third kappa shape index (κ3) is 2.37. The van der Waals surface area contributed by atoms with Crippen LogP contribution in [0.3, 0.4) is 0 Å². The predicted octanol–water partition coefficient (Wildman–Crippen LogP) is 1.63. The first-order valence-electron chi connectivity index (χ1n) is 5.52. The average Bonchev–Trinajstić information content (AvgIpc) is 2.46. The van der Waals surface area contributed by atoms with Crippen LogP contribution < -0.4 is 0 Å². The van der Waals surface area contributed by atoms with E-state index >= 15 is 0 Å². The topological polar surface area (TPSA) is 55.1 Å². The second-order valence-corrected chi connectivity index (χ2v) is 4.07. The molecule has 0 atom stereocenters. The van der Waals surface area contributed by atoms with Crippen molar-refractivity contribution in [2.45, 2.75) is 45.1 Å². The van der Waals surface area contributed by atoms with Crippen LogP contribution in [0, 0.1) is 0 Å². The minimum absolute atomic E-state index is 0.0440. The maximum absolute atomic E-state index is 10.7. The van der Waals surface area contributed by atoms with Gasteiger partial charge in [0.1, 0.15) is 6.54 Å². The van der Waals surface area contributed by atoms with Gasteiger partial charge in [0.25, 0.3) is 0 Å². The molecule has 1 aliphatic rings. The van der Waals surface area contributed by atoms with Gasteiger partial charge in [0, 0.05) is 5.69 Å². The van der Waals surface area contributed by atoms with Crippen molar-refractivity contribution in [1.82, 2.24) is 9.55 Å². The lowest BCUT2D eigenvalue weighted by atomic mass is 10.0. The predicted molar refractivity (Wildman–Crippen MR) is 55.7 cm³/mol. The summed E-state index contributed by atoms with van der Waals surface area (Å²) in [7, 11) is 0. The van der Waals surface area contributed by atoms with Crippen molar-refractivity contribution in [3.8, 4) is 0 Å². The van der Waals surface area contributed by atoms with Crippen LogP contribution in [0.5, 0.6) is 0 Å². The molecule has 1 heterocycles. The van der Waals surface area contributed by atoms with Crippen molar-refractivity contribution in [3.05, 3.63) is 17.7 Å². The Hall–Kier alpha value is -1.32. The molecule has 0 amide bonds. The fraction of sp³-hybridized carbons (Fsp3) is 0.636. The van der Waals surface area contributed by atoms with E-state index in [1.807, 2.05) is 0 Å². The van der Waals surface area contributed by atoms with Crippen LogP contribution in [0.4, 0.5) is 0 Å². The number of nitrogens with zero attached hydrogens (tertiary/aromatic N) is 2. The summed E-state index contributed by atoms with van der Waals surface area (Å²) in [4.78, 5) is 15.0. The Bertz CT molecular complexity index is 357. The standard InChI is InChI=1S/C11H16N2O2/c14-11(15)7-13-8-12-9-5-3-1-2-4-6-10(9)13/h8H,1-7H2,(H,14,15). The van der Waals surface area contributed by atoms with Gasteiger partial charge >= 0.3 is 5.97 Å². The highest BCUT2D eigenvalue weighted by atomic mass is 16.4. The summed E-state index contributed by atoms with van der Waals surface area (Å²) in [6.07, 6.45) is 8.49. The lowest BCUT2D eigenvalue weighted by Gasteiger charge is -2.11. The number of fused-ring (bicyclic) bond motifs is 1. The van der Waals surface area contributed by atoms with Crippen LogP contribution in [0.25, 0.3) is 0 Å². The largest absolute Gasteiger partial charge is 0.480 e. The van der Waals surface area contributed by atoms with Gasteiger partial charge in [-0.05, 0) is 25.7 Å². The first kappa shape index (κ1) is 10.2. The molecule has 1 N–H and O–H groups in total. The van der Waals surface area contributed by atoms with Gasteiger partial charge < -0.3 is 9.67 Å². The molecule has 0 bridgehead atoms. The Morgan fingerprint density at radius 2 is 2.07 bits per heavy atom. The quantitative estimate of drug-likeness (QED) is 0.803. The van der Waals surface area contributed by atoms with E-state index in [1.165, 1.54) is 19.3 Å². The van der Waals surface area contributed by atoms with E-state index in [2.05, 4.69) is 4.98 Å². The number of rotatable bonds is 2. The maximum Gasteiger partial charge on any atom is 0.323 e. The van der Waals surface area contributed by atoms with E-state index in [1.54, 1.807) is 10.9 Å². The summed E-state index contributed by atoms with van der Waals surface area (Å²) in [5.74, 6) is -0.794. The molecule has 4 nitrogen and oxygen atoms in total. The molecule has 0 fully saturated rings. The molecule has 0 unspecified atom stereocenters. The third-order valence-electron chi connectivity index (χ3n) is 2.92. The van der Waals surface area contributed by atoms with Crippen molar-refractivity contribution in [2.75, 3.05) is 0 Å². The first-order valence-corrected chi connectivity index (χ1v) is 5.52. The number of aliphatic carboxylic acids is 1. The zero-order chi connectivity index (χ0) is 10.7. The number of aromatic nitrogens is 2. The van der Waals surface area contributed by atoms with Gasteiger partial charge in [0.05, 0.1) is 12.0 Å². The molecule has 0 aliphatic heterocycles. The molecule has 0 aromatic carbocycles. The summed E-state index contributed by atoms with van der Waals surface area (Å²) in [5, 5.41) is 8.76. The lowest BCUT2D eigenvalue weighted by molar-refractivity contribution is -0.137. The number of carboxylic acids is 1. The SMILES string of the molecule is O=C(O)Cn1cnc2c1CCCCCC2. The van der Waals surface area contributed by atoms with Crippen molar-refractivity contribution in [2.24, 2.45) is 0 Å². The molecule has 0 saturated heterocycles. The summed E-state index contributed by atoms with van der Waals surface area (Å²) < 4.78 is 1.78. The summed E-state index contributed by atoms with van der Waals surface area (Å²) >= 11 is 0. The van der Waals surface area contributed by atoms with Gasteiger partial charge in [-0.1, -0.05) is 12.8 Å². The van der Waals surface area contributed by atoms with Gasteiger partial charge in [0.15, 0.2) is 0 Å². The lowest BCUT2D eigenvalue weighted by Crippen LogP contribution is -2.12. The normalized spacial score (nSPS) is 16.5. The van der Waals surface area contributed by atoms with Gasteiger partial charge in [0.2, 0.25) is 0 Å². The highest BCUT2D eigenvalue weighted by Gasteiger charge is 2.14. The van der Waals surface area contributed by atoms with Gasteiger partial charge in [-0.15, -0.1) is 0 Å². The molecule has 1 aliphatic carbocycles. The van der Waals surface area contributed by atoms with Gasteiger partial charge in [-0.2, -0.15) is 0 Å². The number of aryl methyl sites for hydroxylation is 1. The maximum atomic E-state index is 10.7. The monoisotopic (exact) mass is 208 g/mol. The molecule has 82 valence electrons. The van der Waals surface area contributed by atoms with Crippen LogP contribution in [0.2, 0.25) is 0 Å². The van der Waals surface area contributed by atoms with E-state index < -0.39 is 5.97 Å². The molecule has 1 aromatic heterocycles. The van der Waals surface area contributed by atoms with Crippen molar-refractivity contribution in [3.63, 3.8) is 0 Å². The Morgan fingerprint density at radius 1 is 1.33 bits per heavy atom. The minimum atomic E-state index is -0.794. The van der Waals surface area contributed by atoms with Crippen LogP contribution in [0.1, 0.15) is 37.1 Å². The molecule has 15 heavy (non-hydrogen) atoms. The van der Waals surface area contributed by atoms with Crippen molar-refractivity contribution >= 4 is 5.97 Å². The smallest absolute Gasteiger partial charge is 0.323 e. The van der Waals surface area contributed by atoms with E-state index in [-0.39, 0.29) is 6.54 Å². The van der Waals surface area contributed by atoms with Crippen LogP contribution in [-0.2, 0) is 24.2 Å².